The van der Waals surface area contributed by atoms with Crippen molar-refractivity contribution >= 4 is 54.6 Å². The molecule has 680 valence electrons. The van der Waals surface area contributed by atoms with Crippen molar-refractivity contribution in [2.45, 2.75) is 105 Å². The molecule has 5 aromatic carbocycles. The first-order chi connectivity index (χ1) is 61.5. The molecule has 33 heteroatoms. The topological polar surface area (TPSA) is 219 Å². The Kier molecular flexibility index (Phi) is 31.0. The van der Waals surface area contributed by atoms with Crippen LogP contribution in [0.4, 0.5) is 26.3 Å². The molecule has 0 bridgehead atoms. The van der Waals surface area contributed by atoms with Gasteiger partial charge in [-0.1, -0.05) is 201 Å². The van der Waals surface area contributed by atoms with E-state index in [0.717, 1.165) is 107 Å². The molecule has 0 atom stereocenters. The molecular weight excluding hydrogens is 2590 g/mol. The van der Waals surface area contributed by atoms with E-state index >= 15 is 0 Å². The van der Waals surface area contributed by atoms with Gasteiger partial charge in [0.15, 0.2) is 0 Å². The molecule has 133 heavy (non-hydrogen) atoms. The van der Waals surface area contributed by atoms with Gasteiger partial charge in [0.2, 0.25) is 0 Å². The van der Waals surface area contributed by atoms with Gasteiger partial charge in [0.05, 0.1) is 63.3 Å². The predicted molar refractivity (Wildman–Crippen MR) is 475 cm³/mol. The second kappa shape index (κ2) is 41.4. The van der Waals surface area contributed by atoms with Crippen LogP contribution in [0.3, 0.4) is 0 Å². The molecule has 0 N–H and O–H groups in total. The van der Waals surface area contributed by atoms with Gasteiger partial charge in [-0.2, -0.15) is 26.3 Å². The summed E-state index contributed by atoms with van der Waals surface area (Å²) in [5.74, 6) is 3.16. The molecule has 22 nitrogen and oxygen atoms in total. The first-order valence-corrected chi connectivity index (χ1v) is 40.6. The van der Waals surface area contributed by atoms with Crippen LogP contribution < -0.4 is 0 Å². The van der Waals surface area contributed by atoms with Crippen molar-refractivity contribution in [3.8, 4) is 46.2 Å². The first-order valence-electron chi connectivity index (χ1n) is 40.6. The van der Waals surface area contributed by atoms with Crippen molar-refractivity contribution in [2.24, 2.45) is 0 Å². The number of pyridine rings is 8. The smallest absolute Gasteiger partial charge is 0.344 e. The van der Waals surface area contributed by atoms with Crippen LogP contribution in [-0.2, 0) is 132 Å². The molecule has 2 radical (unpaired) electrons. The Hall–Kier alpha value is -12.4. The number of para-hydroxylation sites is 1. The van der Waals surface area contributed by atoms with Gasteiger partial charge in [0, 0.05) is 126 Å². The molecule has 0 fully saturated rings. The average Bonchev–Trinajstić information content (AvgIpc) is 1.68. The molecule has 0 spiro atoms. The van der Waals surface area contributed by atoms with Crippen LogP contribution >= 0.6 is 0 Å². The van der Waals surface area contributed by atoms with Gasteiger partial charge in [-0.15, -0.1) is 95.7 Å². The van der Waals surface area contributed by atoms with E-state index in [0.29, 0.717) is 11.4 Å². The summed E-state index contributed by atoms with van der Waals surface area (Å²) in [6.45, 7) is 22.3. The molecule has 0 saturated carbocycles. The zero-order valence-electron chi connectivity index (χ0n) is 72.7. The van der Waals surface area contributed by atoms with Gasteiger partial charge < -0.3 is 36.9 Å². The van der Waals surface area contributed by atoms with Crippen LogP contribution in [0.15, 0.2) is 274 Å². The zero-order valence-corrected chi connectivity index (χ0v) is 84.3. The summed E-state index contributed by atoms with van der Waals surface area (Å²) in [6.07, 6.45) is 17.0. The Morgan fingerprint density at radius 2 is 0.699 bits per heavy atom. The SMILES string of the molecule is CC(C)(c1cccc(-n2[c-]cc(C(F)(F)F)n2)n1)c1cccc(-n2[c-]cc(C(F)(F)F)n2)n1.CC(C)(c1cccc(-n2[c-]ccn2)n1)c1cccc(-n2[c-]ccn2)n1.Cc1c[c-]n(-c2cccc(C(C)(C)c3cccc(-n4[c-]cc(C)n4)n3)n2)n1.Cc1ccc2c(c1)c1ccc[c-]c1c1ncc(-c3c(C)cccc3C)n21.[Ir].[Ir].[Pt+2].[Pt+2].[Pt+2].[c-]1cccc2c1c1nccn1c1ccccc21. The van der Waals surface area contributed by atoms with Crippen LogP contribution in [0.5, 0.6) is 0 Å². The minimum absolute atomic E-state index is 0. The van der Waals surface area contributed by atoms with Crippen LogP contribution in [-0.4, -0.2) is 107 Å². The maximum absolute atomic E-state index is 12.9. The largest absolute Gasteiger partial charge is 2.00 e. The van der Waals surface area contributed by atoms with Gasteiger partial charge in [0.25, 0.3) is 0 Å². The van der Waals surface area contributed by atoms with Crippen LogP contribution in [0.1, 0.15) is 115 Å². The predicted octanol–water partition coefficient (Wildman–Crippen LogP) is 20.4. The summed E-state index contributed by atoms with van der Waals surface area (Å²) in [7, 11) is 0. The normalized spacial score (nSPS) is 11.5. The Labute approximate surface area is 832 Å². The number of nitrogens with zero attached hydrogens (tertiary/aromatic N) is 22. The first kappa shape index (κ1) is 99.6. The fourth-order valence-electron chi connectivity index (χ4n) is 15.0. The fourth-order valence-corrected chi connectivity index (χ4v) is 15.0. The molecule has 0 aliphatic rings. The van der Waals surface area contributed by atoms with Gasteiger partial charge in [-0.25, -0.2) is 0 Å². The number of halogens is 6. The maximum Gasteiger partial charge on any atom is 2.00 e. The number of hydrogen-bond donors (Lipinski definition) is 0. The van der Waals surface area contributed by atoms with E-state index in [1.54, 1.807) is 81.4 Å². The Bertz CT molecular complexity index is 7250. The number of imidazole rings is 2. The second-order valence-electron chi connectivity index (χ2n) is 31.8. The number of rotatable bonds is 13. The molecular formula is C100H78F6Ir2N22Pt3-2. The summed E-state index contributed by atoms with van der Waals surface area (Å²) >= 11 is 0. The van der Waals surface area contributed by atoms with Gasteiger partial charge in [-0.05, 0) is 144 Å². The minimum Gasteiger partial charge on any atom is -0.344 e. The molecule has 21 aromatic rings. The van der Waals surface area contributed by atoms with E-state index in [1.165, 1.54) is 67.0 Å². The third kappa shape index (κ3) is 21.0. The van der Waals surface area contributed by atoms with Crippen LogP contribution in [0.2, 0.25) is 0 Å². The van der Waals surface area contributed by atoms with E-state index in [1.807, 2.05) is 136 Å². The molecule has 16 aromatic heterocycles. The number of alkyl halides is 6. The Balaban J connectivity index is 0.000000150. The Morgan fingerprint density at radius 3 is 1.09 bits per heavy atom. The van der Waals surface area contributed by atoms with Crippen molar-refractivity contribution in [3.05, 3.63) is 397 Å². The van der Waals surface area contributed by atoms with Crippen molar-refractivity contribution in [2.75, 3.05) is 0 Å². The molecule has 0 amide bonds. The van der Waals surface area contributed by atoms with Gasteiger partial charge >= 0.3 is 75.5 Å². The molecule has 0 aliphatic heterocycles. The summed E-state index contributed by atoms with van der Waals surface area (Å²) in [5, 5.41) is 31.2. The summed E-state index contributed by atoms with van der Waals surface area (Å²) in [6, 6.07) is 82.2. The molecule has 0 unspecified atom stereocenters. The van der Waals surface area contributed by atoms with E-state index in [-0.39, 0.29) is 120 Å². The minimum atomic E-state index is -4.61. The number of aryl methyl sites for hydroxylation is 5. The number of benzene rings is 5. The summed E-state index contributed by atoms with van der Waals surface area (Å²) < 4.78 is 89.9. The number of aromatic nitrogens is 22. The van der Waals surface area contributed by atoms with Gasteiger partial charge in [-0.3, -0.25) is 70.5 Å². The third-order valence-corrected chi connectivity index (χ3v) is 21.8. The van der Waals surface area contributed by atoms with Crippen molar-refractivity contribution in [1.82, 2.24) is 107 Å². The summed E-state index contributed by atoms with van der Waals surface area (Å²) in [4.78, 5) is 37.2. The summed E-state index contributed by atoms with van der Waals surface area (Å²) in [5.41, 5.74) is 13.0. The van der Waals surface area contributed by atoms with Crippen molar-refractivity contribution < 1.29 is 130 Å². The van der Waals surface area contributed by atoms with Crippen molar-refractivity contribution in [1.29, 1.82) is 0 Å². The van der Waals surface area contributed by atoms with E-state index in [4.69, 9.17) is 24.9 Å². The zero-order chi connectivity index (χ0) is 89.4. The molecule has 0 saturated heterocycles. The van der Waals surface area contributed by atoms with Gasteiger partial charge in [0.1, 0.15) is 0 Å². The quantitative estimate of drug-likeness (QED) is 0.0596. The van der Waals surface area contributed by atoms with Crippen LogP contribution in [0.25, 0.3) is 101 Å². The average molecular weight is 2670 g/mol. The number of hydrogen-bond acceptors (Lipinski definition) is 14. The Morgan fingerprint density at radius 1 is 0.323 bits per heavy atom. The standard InChI is InChI=1S/C24H19N2.C21H14F6N6.C21H20N6.C19H16N6.C15H9N2.2Ir.3Pt/c1-15-11-12-21-20(13-15)18-9-4-5-10-19(18)24-25-14-22(26(21)24)23-16(2)7-6-8-17(23)3;1-19(2,13-5-3-7-17(28-13)32-11-9-15(30-32)20(22,23)24)14-6-4-8-18(29-14)33-12-10-16(31-33)21(25,26)27;1-15-11-13-26(24-15)19-9-5-7-17(22-19)21(3,4)18-8-6-10-20(23-18)27-14-12-16(2)25-27;1-19(2,15-7-3-9-17(22-15)24-13-5-11-20-24)16-8-4-10-18(23-16)25-14-6-12-21-25;1-2-7-13-11(5-1)12-6-3-4-8-14(12)17-10-9-16-15(13)17;;;;;/h4-9,11-14H,1-3H3;3-10H,1-2H3;5-12H,1-4H3;3-12H,1-2H3;1-6,8-10H;;;;;/q-1;3*-2;-1;;;3*+2. The molecule has 21 rings (SSSR count). The fraction of sp³-hybridized carbons (Fsp3) is 0.160. The monoisotopic (exact) mass is 2670 g/mol. The van der Waals surface area contributed by atoms with E-state index < -0.39 is 34.6 Å². The molecule has 16 heterocycles. The molecule has 0 aliphatic carbocycles. The van der Waals surface area contributed by atoms with Crippen molar-refractivity contribution in [3.63, 3.8) is 0 Å². The van der Waals surface area contributed by atoms with Crippen LogP contribution in [0, 0.1) is 83.9 Å². The maximum atomic E-state index is 12.9. The van der Waals surface area contributed by atoms with E-state index in [9.17, 15) is 26.3 Å². The third-order valence-electron chi connectivity index (χ3n) is 21.8. The second-order valence-corrected chi connectivity index (χ2v) is 31.8. The number of fused-ring (bicyclic) bond motifs is 12. The van der Waals surface area contributed by atoms with E-state index in [2.05, 4.69) is 231 Å².